The van der Waals surface area contributed by atoms with Crippen LogP contribution in [0.5, 0.6) is 0 Å². The molecule has 0 saturated carbocycles. The predicted molar refractivity (Wildman–Crippen MR) is 119 cm³/mol. The van der Waals surface area contributed by atoms with E-state index in [4.69, 9.17) is 4.98 Å². The highest BCUT2D eigenvalue weighted by molar-refractivity contribution is 7.18. The number of fused-ring (bicyclic) bond motifs is 1. The summed E-state index contributed by atoms with van der Waals surface area (Å²) in [4.78, 5) is 35.7. The minimum Gasteiger partial charge on any atom is -0.340 e. The zero-order valence-electron chi connectivity index (χ0n) is 16.8. The number of rotatable bonds is 6. The van der Waals surface area contributed by atoms with Crippen molar-refractivity contribution in [1.82, 2.24) is 14.8 Å². The number of benzene rings is 1. The van der Waals surface area contributed by atoms with Gasteiger partial charge >= 0.3 is 0 Å². The van der Waals surface area contributed by atoms with Crippen molar-refractivity contribution < 1.29 is 9.59 Å². The molecule has 1 aliphatic rings. The largest absolute Gasteiger partial charge is 0.340 e. The Morgan fingerprint density at radius 3 is 2.48 bits per heavy atom. The van der Waals surface area contributed by atoms with Gasteiger partial charge in [-0.05, 0) is 38.1 Å². The van der Waals surface area contributed by atoms with Crippen LogP contribution in [0, 0.1) is 6.92 Å². The summed E-state index contributed by atoms with van der Waals surface area (Å²) in [5.74, 6) is 0.151. The van der Waals surface area contributed by atoms with E-state index in [2.05, 4.69) is 24.0 Å². The molecule has 0 bridgehead atoms. The Morgan fingerprint density at radius 2 is 1.79 bits per heavy atom. The third kappa shape index (κ3) is 4.57. The number of thiophene rings is 1. The Labute approximate surface area is 179 Å². The number of carbonyl (C=O) groups is 2. The highest BCUT2D eigenvalue weighted by atomic mass is 32.1. The van der Waals surface area contributed by atoms with Gasteiger partial charge in [-0.2, -0.15) is 0 Å². The summed E-state index contributed by atoms with van der Waals surface area (Å²) in [6.45, 7) is 7.26. The number of para-hydroxylation sites is 1. The monoisotopic (exact) mass is 427 g/mol. The second kappa shape index (κ2) is 8.73. The van der Waals surface area contributed by atoms with Crippen molar-refractivity contribution in [3.63, 3.8) is 0 Å². The average Bonchev–Trinajstić information content (AvgIpc) is 3.37. The maximum absolute atomic E-state index is 12.6. The van der Waals surface area contributed by atoms with Gasteiger partial charge in [0, 0.05) is 43.9 Å². The van der Waals surface area contributed by atoms with Crippen LogP contribution in [0.3, 0.4) is 0 Å². The Morgan fingerprint density at radius 1 is 1.03 bits per heavy atom. The van der Waals surface area contributed by atoms with Gasteiger partial charge in [0.1, 0.15) is 5.01 Å². The molecule has 4 rings (SSSR count). The molecule has 3 aromatic rings. The molecule has 2 aromatic heterocycles. The van der Waals surface area contributed by atoms with Crippen molar-refractivity contribution in [1.29, 1.82) is 0 Å². The molecule has 1 saturated heterocycles. The van der Waals surface area contributed by atoms with Gasteiger partial charge in [0.05, 0.1) is 21.1 Å². The summed E-state index contributed by atoms with van der Waals surface area (Å²) < 4.78 is 1.22. The SMILES string of the molecule is Cc1ccc(C(=O)CCC(=O)N2CCN([C@H](C)c3nc4ccccc4s3)CC2)s1. The van der Waals surface area contributed by atoms with Crippen molar-refractivity contribution in [3.8, 4) is 0 Å². The number of Topliss-reactive ketones (excluding diaryl/α,β-unsaturated/α-hetero) is 1. The molecule has 7 heteroatoms. The van der Waals surface area contributed by atoms with Gasteiger partial charge in [0.2, 0.25) is 5.91 Å². The summed E-state index contributed by atoms with van der Waals surface area (Å²) in [5, 5.41) is 1.13. The third-order valence-electron chi connectivity index (χ3n) is 5.46. The van der Waals surface area contributed by atoms with Crippen LogP contribution in [-0.4, -0.2) is 52.7 Å². The molecule has 1 atom stereocenters. The summed E-state index contributed by atoms with van der Waals surface area (Å²) in [7, 11) is 0. The molecule has 1 amide bonds. The van der Waals surface area contributed by atoms with E-state index in [1.165, 1.54) is 16.0 Å². The van der Waals surface area contributed by atoms with Crippen LogP contribution in [-0.2, 0) is 4.79 Å². The molecule has 1 aromatic carbocycles. The molecule has 5 nitrogen and oxygen atoms in total. The molecule has 29 heavy (non-hydrogen) atoms. The fourth-order valence-electron chi connectivity index (χ4n) is 3.67. The molecule has 0 spiro atoms. The van der Waals surface area contributed by atoms with E-state index in [0.717, 1.165) is 33.4 Å². The zero-order chi connectivity index (χ0) is 20.4. The molecule has 0 radical (unpaired) electrons. The second-order valence-corrected chi connectivity index (χ2v) is 9.80. The topological polar surface area (TPSA) is 53.5 Å². The van der Waals surface area contributed by atoms with Crippen LogP contribution >= 0.6 is 22.7 Å². The third-order valence-corrected chi connectivity index (χ3v) is 7.71. The number of nitrogens with zero attached hydrogens (tertiary/aromatic N) is 3. The highest BCUT2D eigenvalue weighted by Crippen LogP contribution is 2.30. The van der Waals surface area contributed by atoms with E-state index in [0.29, 0.717) is 25.9 Å². The maximum Gasteiger partial charge on any atom is 0.223 e. The van der Waals surface area contributed by atoms with E-state index in [9.17, 15) is 9.59 Å². The number of hydrogen-bond acceptors (Lipinski definition) is 6. The van der Waals surface area contributed by atoms with E-state index in [1.54, 1.807) is 11.3 Å². The van der Waals surface area contributed by atoms with Crippen LogP contribution < -0.4 is 0 Å². The van der Waals surface area contributed by atoms with Gasteiger partial charge in [-0.1, -0.05) is 12.1 Å². The number of thiazole rings is 1. The van der Waals surface area contributed by atoms with Gasteiger partial charge < -0.3 is 4.90 Å². The first-order chi connectivity index (χ1) is 14.0. The summed E-state index contributed by atoms with van der Waals surface area (Å²) in [6.07, 6.45) is 0.588. The molecule has 3 heterocycles. The van der Waals surface area contributed by atoms with Crippen LogP contribution in [0.1, 0.15) is 45.4 Å². The highest BCUT2D eigenvalue weighted by Gasteiger charge is 2.26. The first-order valence-electron chi connectivity index (χ1n) is 9.98. The number of aromatic nitrogens is 1. The number of piperazine rings is 1. The van der Waals surface area contributed by atoms with E-state index in [-0.39, 0.29) is 17.7 Å². The van der Waals surface area contributed by atoms with E-state index < -0.39 is 0 Å². The van der Waals surface area contributed by atoms with Crippen molar-refractivity contribution in [2.75, 3.05) is 26.2 Å². The number of amides is 1. The standard InChI is InChI=1S/C22H25N3O2S2/c1-15-7-9-20(28-15)18(26)8-10-21(27)25-13-11-24(12-14-25)16(2)22-23-17-5-3-4-6-19(17)29-22/h3-7,9,16H,8,10-14H2,1-2H3/t16-/m1/s1. The molecule has 152 valence electrons. The Kier molecular flexibility index (Phi) is 6.08. The number of carbonyl (C=O) groups excluding carboxylic acids is 2. The van der Waals surface area contributed by atoms with Gasteiger partial charge in [-0.3, -0.25) is 14.5 Å². The van der Waals surface area contributed by atoms with Gasteiger partial charge in [0.25, 0.3) is 0 Å². The molecular formula is C22H25N3O2S2. The predicted octanol–water partition coefficient (Wildman–Crippen LogP) is 4.53. The van der Waals surface area contributed by atoms with Crippen molar-refractivity contribution in [2.45, 2.75) is 32.7 Å². The maximum atomic E-state index is 12.6. The van der Waals surface area contributed by atoms with E-state index in [1.807, 2.05) is 36.1 Å². The molecule has 0 unspecified atom stereocenters. The Balaban J connectivity index is 1.28. The van der Waals surface area contributed by atoms with Gasteiger partial charge in [-0.15, -0.1) is 22.7 Å². The van der Waals surface area contributed by atoms with Crippen molar-refractivity contribution in [2.24, 2.45) is 0 Å². The summed E-state index contributed by atoms with van der Waals surface area (Å²) in [5.41, 5.74) is 1.05. The normalized spacial score (nSPS) is 16.3. The molecule has 0 N–H and O–H groups in total. The minimum absolute atomic E-state index is 0.0690. The summed E-state index contributed by atoms with van der Waals surface area (Å²) in [6, 6.07) is 12.3. The number of ketones is 1. The lowest BCUT2D eigenvalue weighted by atomic mass is 10.1. The van der Waals surface area contributed by atoms with Gasteiger partial charge in [0.15, 0.2) is 5.78 Å². The average molecular weight is 428 g/mol. The molecule has 1 aliphatic heterocycles. The van der Waals surface area contributed by atoms with Crippen LogP contribution in [0.2, 0.25) is 0 Å². The minimum atomic E-state index is 0.0690. The van der Waals surface area contributed by atoms with Gasteiger partial charge in [-0.25, -0.2) is 4.98 Å². The van der Waals surface area contributed by atoms with Crippen molar-refractivity contribution in [3.05, 3.63) is 51.2 Å². The van der Waals surface area contributed by atoms with Crippen LogP contribution in [0.25, 0.3) is 10.2 Å². The quantitative estimate of drug-likeness (QED) is 0.542. The number of hydrogen-bond donors (Lipinski definition) is 0. The summed E-state index contributed by atoms with van der Waals surface area (Å²) >= 11 is 3.25. The lowest BCUT2D eigenvalue weighted by Gasteiger charge is -2.37. The first-order valence-corrected chi connectivity index (χ1v) is 11.6. The Hall–Kier alpha value is -2.09. The smallest absolute Gasteiger partial charge is 0.223 e. The Bertz CT molecular complexity index is 985. The number of aryl methyl sites for hydroxylation is 1. The molecular weight excluding hydrogens is 402 g/mol. The van der Waals surface area contributed by atoms with Crippen LogP contribution in [0.15, 0.2) is 36.4 Å². The van der Waals surface area contributed by atoms with E-state index >= 15 is 0 Å². The molecule has 1 fully saturated rings. The second-order valence-electron chi connectivity index (χ2n) is 7.45. The molecule has 0 aliphatic carbocycles. The lowest BCUT2D eigenvalue weighted by molar-refractivity contribution is -0.133. The van der Waals surface area contributed by atoms with Crippen molar-refractivity contribution >= 4 is 44.6 Å². The fraction of sp³-hybridized carbons (Fsp3) is 0.409. The first kappa shape index (κ1) is 20.2. The van der Waals surface area contributed by atoms with Crippen LogP contribution in [0.4, 0.5) is 0 Å². The lowest BCUT2D eigenvalue weighted by Crippen LogP contribution is -2.49. The fourth-order valence-corrected chi connectivity index (χ4v) is 5.56. The zero-order valence-corrected chi connectivity index (χ0v) is 18.4.